The second-order valence-electron chi connectivity index (χ2n) is 6.82. The Hall–Kier alpha value is -1.76. The minimum Gasteiger partial charge on any atom is -0.478 e. The number of carbonyl (C=O) groups is 1. The van der Waals surface area contributed by atoms with Crippen LogP contribution in [-0.2, 0) is 19.4 Å². The van der Waals surface area contributed by atoms with E-state index in [9.17, 15) is 9.90 Å². The van der Waals surface area contributed by atoms with Gasteiger partial charge in [0.15, 0.2) is 0 Å². The molecule has 0 saturated carbocycles. The molecule has 0 atom stereocenters. The Morgan fingerprint density at radius 2 is 2.26 bits per heavy atom. The van der Waals surface area contributed by atoms with Crippen molar-refractivity contribution in [1.82, 2.24) is 10.4 Å². The summed E-state index contributed by atoms with van der Waals surface area (Å²) in [6, 6.07) is 1.96. The van der Waals surface area contributed by atoms with Crippen LogP contribution in [0.1, 0.15) is 46.6 Å². The third kappa shape index (κ3) is 3.15. The van der Waals surface area contributed by atoms with Crippen LogP contribution < -0.4 is 11.3 Å². The van der Waals surface area contributed by atoms with Crippen LogP contribution in [0.5, 0.6) is 0 Å². The number of thiophene rings is 1. The van der Waals surface area contributed by atoms with Crippen molar-refractivity contribution in [3.63, 3.8) is 0 Å². The number of pyridine rings is 1. The first-order valence-electron chi connectivity index (χ1n) is 7.67. The molecule has 0 bridgehead atoms. The van der Waals surface area contributed by atoms with Gasteiger partial charge >= 0.3 is 5.97 Å². The smallest absolute Gasteiger partial charge is 0.337 e. The normalized spacial score (nSPS) is 16.1. The highest BCUT2D eigenvalue weighted by molar-refractivity contribution is 7.16. The average molecular weight is 331 g/mol. The summed E-state index contributed by atoms with van der Waals surface area (Å²) in [4.78, 5) is 18.2. The van der Waals surface area contributed by atoms with Crippen molar-refractivity contribution in [2.75, 3.05) is 0 Å². The van der Waals surface area contributed by atoms with E-state index in [0.29, 0.717) is 12.1 Å². The summed E-state index contributed by atoms with van der Waals surface area (Å²) >= 11 is 1.60. The largest absolute Gasteiger partial charge is 0.478 e. The molecular weight excluding hydrogens is 310 g/mol. The molecule has 1 aliphatic rings. The van der Waals surface area contributed by atoms with Crippen LogP contribution >= 0.6 is 11.3 Å². The van der Waals surface area contributed by atoms with E-state index in [4.69, 9.17) is 5.84 Å². The van der Waals surface area contributed by atoms with Crippen LogP contribution in [0.4, 0.5) is 0 Å². The maximum atomic E-state index is 11.9. The number of nitrogens with one attached hydrogen (secondary N) is 1. The molecular formula is C17H21N3O2S. The molecule has 0 radical (unpaired) electrons. The quantitative estimate of drug-likeness (QED) is 0.592. The zero-order valence-corrected chi connectivity index (χ0v) is 14.2. The molecule has 2 aromatic heterocycles. The van der Waals surface area contributed by atoms with Crippen LogP contribution in [-0.4, -0.2) is 16.1 Å². The SMILES string of the molecule is CC1(C)CCc2sc(-c3cncc(CNN)c3)c(C(=O)O)c2C1. The lowest BCUT2D eigenvalue weighted by Gasteiger charge is -2.29. The van der Waals surface area contributed by atoms with E-state index in [2.05, 4.69) is 24.3 Å². The predicted molar refractivity (Wildman–Crippen MR) is 91.3 cm³/mol. The van der Waals surface area contributed by atoms with Gasteiger partial charge in [0.1, 0.15) is 0 Å². The average Bonchev–Trinajstić information content (AvgIpc) is 2.85. The van der Waals surface area contributed by atoms with Crippen molar-refractivity contribution in [3.05, 3.63) is 40.0 Å². The van der Waals surface area contributed by atoms with E-state index in [0.717, 1.165) is 40.8 Å². The van der Waals surface area contributed by atoms with Gasteiger partial charge in [0, 0.05) is 29.4 Å². The zero-order valence-electron chi connectivity index (χ0n) is 13.3. The summed E-state index contributed by atoms with van der Waals surface area (Å²) in [5.74, 6) is 4.52. The van der Waals surface area contributed by atoms with E-state index in [1.165, 1.54) is 4.88 Å². The Morgan fingerprint density at radius 1 is 1.48 bits per heavy atom. The summed E-state index contributed by atoms with van der Waals surface area (Å²) < 4.78 is 0. The zero-order chi connectivity index (χ0) is 16.6. The number of aromatic carboxylic acids is 1. The van der Waals surface area contributed by atoms with Crippen molar-refractivity contribution < 1.29 is 9.90 Å². The number of hydrazine groups is 1. The minimum atomic E-state index is -0.849. The van der Waals surface area contributed by atoms with E-state index in [1.54, 1.807) is 23.7 Å². The number of rotatable bonds is 4. The van der Waals surface area contributed by atoms with Crippen molar-refractivity contribution in [1.29, 1.82) is 0 Å². The van der Waals surface area contributed by atoms with Gasteiger partial charge in [-0.2, -0.15) is 0 Å². The van der Waals surface area contributed by atoms with E-state index in [-0.39, 0.29) is 5.41 Å². The number of carboxylic acids is 1. The second kappa shape index (κ2) is 6.03. The maximum absolute atomic E-state index is 11.9. The highest BCUT2D eigenvalue weighted by Crippen LogP contribution is 2.44. The van der Waals surface area contributed by atoms with E-state index < -0.39 is 5.97 Å². The number of nitrogens with two attached hydrogens (primary N) is 1. The molecule has 6 heteroatoms. The molecule has 3 rings (SSSR count). The molecule has 23 heavy (non-hydrogen) atoms. The van der Waals surface area contributed by atoms with Crippen molar-refractivity contribution in [3.8, 4) is 10.4 Å². The Kier molecular flexibility index (Phi) is 4.23. The number of aromatic nitrogens is 1. The fourth-order valence-electron chi connectivity index (χ4n) is 3.18. The topological polar surface area (TPSA) is 88.2 Å². The first-order chi connectivity index (χ1) is 10.9. The lowest BCUT2D eigenvalue weighted by Crippen LogP contribution is -2.22. The van der Waals surface area contributed by atoms with Gasteiger partial charge < -0.3 is 5.11 Å². The number of fused-ring (bicyclic) bond motifs is 1. The molecule has 1 aliphatic carbocycles. The molecule has 0 amide bonds. The van der Waals surface area contributed by atoms with Crippen molar-refractivity contribution >= 4 is 17.3 Å². The highest BCUT2D eigenvalue weighted by atomic mass is 32.1. The summed E-state index contributed by atoms with van der Waals surface area (Å²) in [6.45, 7) is 4.91. The van der Waals surface area contributed by atoms with Gasteiger partial charge in [-0.05, 0) is 41.9 Å². The molecule has 122 valence electrons. The van der Waals surface area contributed by atoms with Crippen LogP contribution in [0.25, 0.3) is 10.4 Å². The molecule has 2 aromatic rings. The standard InChI is InChI=1S/C17H21N3O2S/c1-17(2)4-3-13-12(6-17)14(16(21)22)15(23-13)11-5-10(8-20-18)7-19-9-11/h5,7,9,20H,3-4,6,8,18H2,1-2H3,(H,21,22). The first kappa shape index (κ1) is 16.1. The Balaban J connectivity index is 2.12. The van der Waals surface area contributed by atoms with Crippen molar-refractivity contribution in [2.24, 2.45) is 11.3 Å². The third-order valence-corrected chi connectivity index (χ3v) is 5.69. The minimum absolute atomic E-state index is 0.152. The number of hydrogen-bond donors (Lipinski definition) is 3. The number of carboxylic acid groups (broad SMARTS) is 1. The lowest BCUT2D eigenvalue weighted by atomic mass is 9.76. The fraction of sp³-hybridized carbons (Fsp3) is 0.412. The summed E-state index contributed by atoms with van der Waals surface area (Å²) in [7, 11) is 0. The third-order valence-electron chi connectivity index (χ3n) is 4.35. The summed E-state index contributed by atoms with van der Waals surface area (Å²) in [5, 5.41) is 9.77. The second-order valence-corrected chi connectivity index (χ2v) is 7.92. The van der Waals surface area contributed by atoms with Gasteiger partial charge in [-0.1, -0.05) is 13.8 Å². The van der Waals surface area contributed by atoms with Crippen LogP contribution in [0.15, 0.2) is 18.5 Å². The number of nitrogens with zero attached hydrogens (tertiary/aromatic N) is 1. The molecule has 4 N–H and O–H groups in total. The molecule has 0 aliphatic heterocycles. The molecule has 2 heterocycles. The molecule has 0 unspecified atom stereocenters. The number of hydrogen-bond acceptors (Lipinski definition) is 5. The van der Waals surface area contributed by atoms with Gasteiger partial charge in [-0.15, -0.1) is 11.3 Å². The molecule has 0 saturated heterocycles. The van der Waals surface area contributed by atoms with Crippen molar-refractivity contribution in [2.45, 2.75) is 39.7 Å². The first-order valence-corrected chi connectivity index (χ1v) is 8.48. The van der Waals surface area contributed by atoms with Gasteiger partial charge in [-0.25, -0.2) is 4.79 Å². The van der Waals surface area contributed by atoms with Crippen LogP contribution in [0, 0.1) is 5.41 Å². The van der Waals surface area contributed by atoms with Crippen LogP contribution in [0.3, 0.4) is 0 Å². The summed E-state index contributed by atoms with van der Waals surface area (Å²) in [6.07, 6.45) is 6.33. The monoisotopic (exact) mass is 331 g/mol. The van der Waals surface area contributed by atoms with Gasteiger partial charge in [-0.3, -0.25) is 16.3 Å². The van der Waals surface area contributed by atoms with Crippen LogP contribution in [0.2, 0.25) is 0 Å². The van der Waals surface area contributed by atoms with Gasteiger partial charge in [0.05, 0.1) is 10.4 Å². The van der Waals surface area contributed by atoms with E-state index in [1.807, 2.05) is 6.07 Å². The lowest BCUT2D eigenvalue weighted by molar-refractivity contribution is 0.0696. The Morgan fingerprint density at radius 3 is 2.96 bits per heavy atom. The highest BCUT2D eigenvalue weighted by Gasteiger charge is 2.33. The van der Waals surface area contributed by atoms with Gasteiger partial charge in [0.2, 0.25) is 0 Å². The molecule has 0 aromatic carbocycles. The Bertz CT molecular complexity index is 752. The number of aryl methyl sites for hydroxylation is 1. The maximum Gasteiger partial charge on any atom is 0.337 e. The molecule has 0 fully saturated rings. The molecule has 0 spiro atoms. The predicted octanol–water partition coefficient (Wildman–Crippen LogP) is 2.99. The fourth-order valence-corrected chi connectivity index (χ4v) is 4.47. The molecule has 5 nitrogen and oxygen atoms in total. The summed E-state index contributed by atoms with van der Waals surface area (Å²) in [5.41, 5.74) is 6.02. The Labute approximate surface area is 139 Å². The van der Waals surface area contributed by atoms with Gasteiger partial charge in [0.25, 0.3) is 0 Å². The van der Waals surface area contributed by atoms with E-state index >= 15 is 0 Å².